The van der Waals surface area contributed by atoms with Crippen LogP contribution in [0.15, 0.2) is 24.3 Å². The van der Waals surface area contributed by atoms with Crippen molar-refractivity contribution in [1.29, 1.82) is 0 Å². The van der Waals surface area contributed by atoms with Crippen LogP contribution in [-0.4, -0.2) is 12.6 Å². The van der Waals surface area contributed by atoms with E-state index in [9.17, 15) is 0 Å². The van der Waals surface area contributed by atoms with Crippen molar-refractivity contribution in [1.82, 2.24) is 0 Å². The lowest BCUT2D eigenvalue weighted by atomic mass is 10.0. The zero-order valence-electron chi connectivity index (χ0n) is 9.56. The fourth-order valence-electron chi connectivity index (χ4n) is 2.15. The minimum atomic E-state index is 0. The van der Waals surface area contributed by atoms with Gasteiger partial charge in [0.25, 0.3) is 0 Å². The van der Waals surface area contributed by atoms with Gasteiger partial charge in [-0.2, -0.15) is 0 Å². The van der Waals surface area contributed by atoms with E-state index in [2.05, 4.69) is 24.0 Å². The van der Waals surface area contributed by atoms with E-state index in [0.717, 1.165) is 5.69 Å². The van der Waals surface area contributed by atoms with Crippen LogP contribution >= 0.6 is 24.8 Å². The number of benzene rings is 1. The normalized spacial score (nSPS) is 19.6. The van der Waals surface area contributed by atoms with E-state index in [-0.39, 0.29) is 24.8 Å². The van der Waals surface area contributed by atoms with Crippen molar-refractivity contribution in [3.8, 4) is 0 Å². The monoisotopic (exact) mass is 262 g/mol. The molecule has 2 rings (SSSR count). The number of rotatable bonds is 1. The molecule has 1 aliphatic rings. The highest BCUT2D eigenvalue weighted by Crippen LogP contribution is 2.24. The van der Waals surface area contributed by atoms with Gasteiger partial charge in [0, 0.05) is 24.0 Å². The fraction of sp³-hybridized carbons (Fsp3) is 0.500. The van der Waals surface area contributed by atoms with Crippen molar-refractivity contribution in [2.45, 2.75) is 32.2 Å². The Kier molecular flexibility index (Phi) is 6.61. The standard InChI is InChI=1S/C12H18N2.2ClH/c1-10-4-2-3-9-14(10)12-7-5-11(13)6-8-12;;/h5-8,10H,2-4,9,13H2,1H3;2*1H. The van der Waals surface area contributed by atoms with Crippen molar-refractivity contribution in [2.24, 2.45) is 0 Å². The van der Waals surface area contributed by atoms with Crippen LogP contribution < -0.4 is 10.6 Å². The van der Waals surface area contributed by atoms with Gasteiger partial charge in [0.1, 0.15) is 0 Å². The van der Waals surface area contributed by atoms with Crippen molar-refractivity contribution in [2.75, 3.05) is 17.2 Å². The summed E-state index contributed by atoms with van der Waals surface area (Å²) in [5, 5.41) is 0. The lowest BCUT2D eigenvalue weighted by Crippen LogP contribution is -2.37. The molecule has 0 radical (unpaired) electrons. The number of nitrogen functional groups attached to an aromatic ring is 1. The van der Waals surface area contributed by atoms with Crippen molar-refractivity contribution in [3.05, 3.63) is 24.3 Å². The first-order valence-corrected chi connectivity index (χ1v) is 5.39. The van der Waals surface area contributed by atoms with Crippen LogP contribution in [0.25, 0.3) is 0 Å². The molecule has 0 saturated carbocycles. The first-order chi connectivity index (χ1) is 6.77. The summed E-state index contributed by atoms with van der Waals surface area (Å²) >= 11 is 0. The summed E-state index contributed by atoms with van der Waals surface area (Å²) in [6, 6.07) is 8.88. The van der Waals surface area contributed by atoms with Crippen molar-refractivity contribution < 1.29 is 0 Å². The Hall–Kier alpha value is -0.600. The SMILES string of the molecule is CC1CCCCN1c1ccc(N)cc1.Cl.Cl. The summed E-state index contributed by atoms with van der Waals surface area (Å²) < 4.78 is 0. The molecule has 1 aromatic carbocycles. The molecule has 0 spiro atoms. The second-order valence-electron chi connectivity index (χ2n) is 4.13. The summed E-state index contributed by atoms with van der Waals surface area (Å²) in [5.74, 6) is 0. The average molecular weight is 263 g/mol. The zero-order chi connectivity index (χ0) is 9.97. The molecule has 2 N–H and O–H groups in total. The number of nitrogens with two attached hydrogens (primary N) is 1. The third-order valence-electron chi connectivity index (χ3n) is 3.03. The Labute approximate surface area is 110 Å². The third-order valence-corrected chi connectivity index (χ3v) is 3.03. The van der Waals surface area contributed by atoms with E-state index in [1.807, 2.05) is 12.1 Å². The van der Waals surface area contributed by atoms with Crippen LogP contribution in [0, 0.1) is 0 Å². The van der Waals surface area contributed by atoms with Crippen LogP contribution in [0.2, 0.25) is 0 Å². The molecular weight excluding hydrogens is 243 g/mol. The maximum Gasteiger partial charge on any atom is 0.0370 e. The number of hydrogen-bond donors (Lipinski definition) is 1. The lowest BCUT2D eigenvalue weighted by Gasteiger charge is -2.35. The maximum atomic E-state index is 5.67. The van der Waals surface area contributed by atoms with Gasteiger partial charge in [-0.1, -0.05) is 0 Å². The highest BCUT2D eigenvalue weighted by Gasteiger charge is 2.17. The second-order valence-corrected chi connectivity index (χ2v) is 4.13. The van der Waals surface area contributed by atoms with Gasteiger partial charge >= 0.3 is 0 Å². The number of anilines is 2. The summed E-state index contributed by atoms with van der Waals surface area (Å²) in [4.78, 5) is 2.48. The molecule has 1 aromatic rings. The van der Waals surface area contributed by atoms with Crippen LogP contribution in [-0.2, 0) is 0 Å². The van der Waals surface area contributed by atoms with Gasteiger partial charge in [-0.3, -0.25) is 0 Å². The number of nitrogens with zero attached hydrogens (tertiary/aromatic N) is 1. The highest BCUT2D eigenvalue weighted by atomic mass is 35.5. The van der Waals surface area contributed by atoms with E-state index < -0.39 is 0 Å². The molecule has 16 heavy (non-hydrogen) atoms. The van der Waals surface area contributed by atoms with E-state index in [4.69, 9.17) is 5.73 Å². The van der Waals surface area contributed by atoms with Crippen LogP contribution in [0.3, 0.4) is 0 Å². The van der Waals surface area contributed by atoms with Gasteiger partial charge in [0.05, 0.1) is 0 Å². The summed E-state index contributed by atoms with van der Waals surface area (Å²) in [7, 11) is 0. The van der Waals surface area contributed by atoms with E-state index in [0.29, 0.717) is 6.04 Å². The van der Waals surface area contributed by atoms with Gasteiger partial charge < -0.3 is 10.6 Å². The zero-order valence-corrected chi connectivity index (χ0v) is 11.2. The molecule has 1 unspecified atom stereocenters. The molecule has 1 atom stereocenters. The average Bonchev–Trinajstić information content (AvgIpc) is 2.20. The number of hydrogen-bond acceptors (Lipinski definition) is 2. The predicted molar refractivity (Wildman–Crippen MR) is 76.0 cm³/mol. The molecule has 0 bridgehead atoms. The highest BCUT2D eigenvalue weighted by molar-refractivity contribution is 5.85. The quantitative estimate of drug-likeness (QED) is 0.786. The first-order valence-electron chi connectivity index (χ1n) is 5.39. The van der Waals surface area contributed by atoms with Crippen LogP contribution in [0.4, 0.5) is 11.4 Å². The molecule has 0 aromatic heterocycles. The van der Waals surface area contributed by atoms with Crippen molar-refractivity contribution >= 4 is 36.2 Å². The fourth-order valence-corrected chi connectivity index (χ4v) is 2.15. The molecule has 1 heterocycles. The summed E-state index contributed by atoms with van der Waals surface area (Å²) in [6.45, 7) is 3.49. The van der Waals surface area contributed by atoms with Gasteiger partial charge in [-0.05, 0) is 50.5 Å². The van der Waals surface area contributed by atoms with E-state index in [1.165, 1.54) is 31.5 Å². The smallest absolute Gasteiger partial charge is 0.0370 e. The Bertz CT molecular complexity index is 300. The number of piperidine rings is 1. The number of halogens is 2. The topological polar surface area (TPSA) is 29.3 Å². The van der Waals surface area contributed by atoms with Gasteiger partial charge in [-0.15, -0.1) is 24.8 Å². The molecular formula is C12H20Cl2N2. The largest absolute Gasteiger partial charge is 0.399 e. The van der Waals surface area contributed by atoms with Gasteiger partial charge in [0.2, 0.25) is 0 Å². The summed E-state index contributed by atoms with van der Waals surface area (Å²) in [5.41, 5.74) is 7.83. The summed E-state index contributed by atoms with van der Waals surface area (Å²) in [6.07, 6.45) is 3.99. The van der Waals surface area contributed by atoms with E-state index in [1.54, 1.807) is 0 Å². The molecule has 1 saturated heterocycles. The minimum Gasteiger partial charge on any atom is -0.399 e. The lowest BCUT2D eigenvalue weighted by molar-refractivity contribution is 0.485. The molecule has 2 nitrogen and oxygen atoms in total. The molecule has 1 aliphatic heterocycles. The molecule has 0 amide bonds. The van der Waals surface area contributed by atoms with Gasteiger partial charge in [-0.25, -0.2) is 0 Å². The predicted octanol–water partition coefficient (Wildman–Crippen LogP) is 3.49. The van der Waals surface area contributed by atoms with E-state index >= 15 is 0 Å². The van der Waals surface area contributed by atoms with Crippen molar-refractivity contribution in [3.63, 3.8) is 0 Å². The first kappa shape index (κ1) is 15.4. The van der Waals surface area contributed by atoms with Gasteiger partial charge in [0.15, 0.2) is 0 Å². The molecule has 4 heteroatoms. The molecule has 0 aliphatic carbocycles. The molecule has 92 valence electrons. The Morgan fingerprint density at radius 2 is 1.75 bits per heavy atom. The second kappa shape index (κ2) is 6.87. The molecule has 1 fully saturated rings. The minimum absolute atomic E-state index is 0. The maximum absolute atomic E-state index is 5.67. The Morgan fingerprint density at radius 3 is 2.31 bits per heavy atom. The Morgan fingerprint density at radius 1 is 1.12 bits per heavy atom. The third kappa shape index (κ3) is 3.46. The Balaban J connectivity index is 0.00000112. The van der Waals surface area contributed by atoms with Crippen LogP contribution in [0.5, 0.6) is 0 Å². The van der Waals surface area contributed by atoms with Crippen LogP contribution in [0.1, 0.15) is 26.2 Å².